The number of esters is 2. The van der Waals surface area contributed by atoms with Gasteiger partial charge in [0, 0.05) is 0 Å². The molecule has 0 aliphatic rings. The van der Waals surface area contributed by atoms with Crippen LogP contribution in [0.3, 0.4) is 0 Å². The molecule has 7 heteroatoms. The van der Waals surface area contributed by atoms with Crippen molar-refractivity contribution in [3.8, 4) is 0 Å². The largest absolute Gasteiger partial charge is 0.469 e. The summed E-state index contributed by atoms with van der Waals surface area (Å²) >= 11 is 0. The average molecular weight is 317 g/mol. The smallest absolute Gasteiger partial charge is 0.342 e. The van der Waals surface area contributed by atoms with Crippen LogP contribution in [0.2, 0.25) is 0 Å². The van der Waals surface area contributed by atoms with E-state index >= 15 is 0 Å². The number of benzene rings is 1. The van der Waals surface area contributed by atoms with Crippen LogP contribution in [0, 0.1) is 6.92 Å². The Bertz CT molecular complexity index is 734. The zero-order valence-corrected chi connectivity index (χ0v) is 12.6. The van der Waals surface area contributed by atoms with Gasteiger partial charge < -0.3 is 19.2 Å². The highest BCUT2D eigenvalue weighted by Gasteiger charge is 2.16. The lowest BCUT2D eigenvalue weighted by Gasteiger charge is -2.09. The minimum Gasteiger partial charge on any atom is -0.469 e. The molecule has 1 amide bonds. The molecule has 1 aromatic carbocycles. The van der Waals surface area contributed by atoms with Crippen LogP contribution in [0.5, 0.6) is 0 Å². The van der Waals surface area contributed by atoms with Gasteiger partial charge in [0.05, 0.1) is 24.6 Å². The molecule has 0 bridgehead atoms. The van der Waals surface area contributed by atoms with Crippen molar-refractivity contribution in [1.29, 1.82) is 0 Å². The summed E-state index contributed by atoms with van der Waals surface area (Å²) in [6.45, 7) is 1.13. The molecule has 0 saturated heterocycles. The molecule has 0 unspecified atom stereocenters. The molecule has 23 heavy (non-hydrogen) atoms. The topological polar surface area (TPSA) is 94.8 Å². The maximum atomic E-state index is 11.9. The first-order valence-electron chi connectivity index (χ1n) is 6.71. The zero-order valence-electron chi connectivity index (χ0n) is 12.6. The summed E-state index contributed by atoms with van der Waals surface area (Å²) in [6, 6.07) is 7.82. The number of amides is 1. The third-order valence-electron chi connectivity index (χ3n) is 3.02. The molecule has 0 atom stereocenters. The van der Waals surface area contributed by atoms with E-state index in [0.717, 1.165) is 0 Å². The highest BCUT2D eigenvalue weighted by molar-refractivity contribution is 6.02. The fraction of sp³-hybridized carbons (Fsp3) is 0.188. The lowest BCUT2D eigenvalue weighted by Crippen LogP contribution is -2.22. The minimum atomic E-state index is -0.660. The summed E-state index contributed by atoms with van der Waals surface area (Å²) in [5.74, 6) is -1.40. The Kier molecular flexibility index (Phi) is 5.14. The second-order valence-corrected chi connectivity index (χ2v) is 4.55. The van der Waals surface area contributed by atoms with Crippen molar-refractivity contribution in [3.05, 3.63) is 53.5 Å². The summed E-state index contributed by atoms with van der Waals surface area (Å²) in [6.07, 6.45) is 1.36. The number of hydrogen-bond donors (Lipinski definition) is 1. The van der Waals surface area contributed by atoms with Gasteiger partial charge in [0.1, 0.15) is 11.3 Å². The average Bonchev–Trinajstić information content (AvgIpc) is 2.98. The Hall–Kier alpha value is -3.09. The van der Waals surface area contributed by atoms with Crippen LogP contribution in [0.15, 0.2) is 41.0 Å². The second-order valence-electron chi connectivity index (χ2n) is 4.55. The van der Waals surface area contributed by atoms with Crippen LogP contribution >= 0.6 is 0 Å². The van der Waals surface area contributed by atoms with E-state index in [9.17, 15) is 14.4 Å². The zero-order chi connectivity index (χ0) is 16.8. The van der Waals surface area contributed by atoms with Gasteiger partial charge in [-0.15, -0.1) is 0 Å². The number of furan rings is 1. The molecule has 0 spiro atoms. The van der Waals surface area contributed by atoms with Crippen molar-refractivity contribution in [2.75, 3.05) is 19.0 Å². The highest BCUT2D eigenvalue weighted by Crippen LogP contribution is 2.16. The summed E-state index contributed by atoms with van der Waals surface area (Å²) < 4.78 is 14.5. The van der Waals surface area contributed by atoms with Gasteiger partial charge >= 0.3 is 11.9 Å². The van der Waals surface area contributed by atoms with Gasteiger partial charge in [-0.3, -0.25) is 4.79 Å². The Morgan fingerprint density at radius 2 is 1.83 bits per heavy atom. The first-order valence-corrected chi connectivity index (χ1v) is 6.71. The second kappa shape index (κ2) is 7.26. The summed E-state index contributed by atoms with van der Waals surface area (Å²) in [5, 5.41) is 2.50. The van der Waals surface area contributed by atoms with Crippen LogP contribution in [0.1, 0.15) is 26.5 Å². The predicted molar refractivity (Wildman–Crippen MR) is 80.1 cm³/mol. The van der Waals surface area contributed by atoms with Gasteiger partial charge in [-0.25, -0.2) is 9.59 Å². The number of hydrogen-bond acceptors (Lipinski definition) is 6. The Morgan fingerprint density at radius 1 is 1.09 bits per heavy atom. The molecule has 2 aromatic rings. The predicted octanol–water partition coefficient (Wildman–Crippen LogP) is 2.17. The van der Waals surface area contributed by atoms with Gasteiger partial charge in [-0.1, -0.05) is 12.1 Å². The molecule has 0 fully saturated rings. The van der Waals surface area contributed by atoms with E-state index in [1.165, 1.54) is 25.5 Å². The number of carbonyl (C=O) groups is 3. The SMILES string of the molecule is COC(=O)c1ccccc1NC(=O)COC(=O)c1ccoc1C. The number of nitrogens with one attached hydrogen (secondary N) is 1. The Balaban J connectivity index is 1.97. The number of para-hydroxylation sites is 1. The van der Waals surface area contributed by atoms with Crippen molar-refractivity contribution in [2.45, 2.75) is 6.92 Å². The number of ether oxygens (including phenoxy) is 2. The number of aryl methyl sites for hydroxylation is 1. The summed E-state index contributed by atoms with van der Waals surface area (Å²) in [5.41, 5.74) is 0.744. The van der Waals surface area contributed by atoms with Crippen molar-refractivity contribution in [3.63, 3.8) is 0 Å². The van der Waals surface area contributed by atoms with Gasteiger partial charge in [0.15, 0.2) is 6.61 Å². The molecular formula is C16H15NO6. The normalized spacial score (nSPS) is 10.0. The molecule has 0 saturated carbocycles. The molecule has 0 radical (unpaired) electrons. The monoisotopic (exact) mass is 317 g/mol. The van der Waals surface area contributed by atoms with E-state index in [0.29, 0.717) is 5.76 Å². The quantitative estimate of drug-likeness (QED) is 0.849. The Morgan fingerprint density at radius 3 is 2.48 bits per heavy atom. The van der Waals surface area contributed by atoms with E-state index in [1.807, 2.05) is 0 Å². The summed E-state index contributed by atoms with van der Waals surface area (Å²) in [4.78, 5) is 35.2. The molecular weight excluding hydrogens is 302 g/mol. The number of rotatable bonds is 5. The van der Waals surface area contributed by atoms with Gasteiger partial charge in [0.25, 0.3) is 5.91 Å². The number of carbonyl (C=O) groups excluding carboxylic acids is 3. The van der Waals surface area contributed by atoms with Crippen LogP contribution in [0.4, 0.5) is 5.69 Å². The molecule has 0 aliphatic carbocycles. The van der Waals surface area contributed by atoms with E-state index in [2.05, 4.69) is 10.1 Å². The molecule has 7 nitrogen and oxygen atoms in total. The van der Waals surface area contributed by atoms with E-state index in [1.54, 1.807) is 25.1 Å². The fourth-order valence-electron chi connectivity index (χ4n) is 1.87. The molecule has 0 aliphatic heterocycles. The Labute approximate surface area is 132 Å². The third kappa shape index (κ3) is 3.97. The lowest BCUT2D eigenvalue weighted by atomic mass is 10.2. The minimum absolute atomic E-state index is 0.209. The standard InChI is InChI=1S/C16H15NO6/c1-10-11(7-8-22-10)16(20)23-9-14(18)17-13-6-4-3-5-12(13)15(19)21-2/h3-8H,9H2,1-2H3,(H,17,18). The van der Waals surface area contributed by atoms with Crippen LogP contribution in [-0.2, 0) is 14.3 Å². The molecule has 1 N–H and O–H groups in total. The number of methoxy groups -OCH3 is 1. The third-order valence-corrected chi connectivity index (χ3v) is 3.02. The van der Waals surface area contributed by atoms with E-state index in [4.69, 9.17) is 9.15 Å². The fourth-order valence-corrected chi connectivity index (χ4v) is 1.87. The molecule has 120 valence electrons. The number of anilines is 1. The van der Waals surface area contributed by atoms with Crippen molar-refractivity contribution in [2.24, 2.45) is 0 Å². The van der Waals surface area contributed by atoms with Gasteiger partial charge in [0.2, 0.25) is 0 Å². The van der Waals surface area contributed by atoms with Gasteiger partial charge in [-0.05, 0) is 25.1 Å². The maximum Gasteiger partial charge on any atom is 0.342 e. The first-order chi connectivity index (χ1) is 11.0. The van der Waals surface area contributed by atoms with Crippen LogP contribution in [-0.4, -0.2) is 31.6 Å². The molecule has 2 rings (SSSR count). The maximum absolute atomic E-state index is 11.9. The highest BCUT2D eigenvalue weighted by atomic mass is 16.5. The molecule has 1 aromatic heterocycles. The van der Waals surface area contributed by atoms with Crippen molar-refractivity contribution < 1.29 is 28.3 Å². The van der Waals surface area contributed by atoms with Crippen molar-refractivity contribution >= 4 is 23.5 Å². The summed E-state index contributed by atoms with van der Waals surface area (Å²) in [7, 11) is 1.25. The first kappa shape index (κ1) is 16.3. The van der Waals surface area contributed by atoms with Crippen LogP contribution < -0.4 is 5.32 Å². The lowest BCUT2D eigenvalue weighted by molar-refractivity contribution is -0.119. The van der Waals surface area contributed by atoms with Crippen molar-refractivity contribution in [1.82, 2.24) is 0 Å². The van der Waals surface area contributed by atoms with E-state index in [-0.39, 0.29) is 16.8 Å². The molecule has 1 heterocycles. The van der Waals surface area contributed by atoms with Gasteiger partial charge in [-0.2, -0.15) is 0 Å². The van der Waals surface area contributed by atoms with Crippen LogP contribution in [0.25, 0.3) is 0 Å². The van der Waals surface area contributed by atoms with E-state index < -0.39 is 24.5 Å².